The first-order valence-corrected chi connectivity index (χ1v) is 12.5. The van der Waals surface area contributed by atoms with Crippen molar-refractivity contribution in [3.8, 4) is 0 Å². The third kappa shape index (κ3) is 2.80. The zero-order valence-corrected chi connectivity index (χ0v) is 18.6. The van der Waals surface area contributed by atoms with Crippen molar-refractivity contribution in [2.75, 3.05) is 13.1 Å². The molecule has 1 saturated heterocycles. The van der Waals surface area contributed by atoms with Crippen molar-refractivity contribution < 1.29 is 5.11 Å². The van der Waals surface area contributed by atoms with Crippen LogP contribution in [0, 0.1) is 46.3 Å². The van der Waals surface area contributed by atoms with E-state index in [0.717, 1.165) is 36.6 Å². The van der Waals surface area contributed by atoms with E-state index in [1.807, 2.05) is 0 Å². The van der Waals surface area contributed by atoms with Crippen LogP contribution in [0.2, 0.25) is 0 Å². The molecule has 4 aliphatic carbocycles. The second-order valence-corrected chi connectivity index (χ2v) is 12.1. The molecule has 0 aromatic heterocycles. The first-order chi connectivity index (χ1) is 13.4. The first-order valence-electron chi connectivity index (χ1n) is 12.5. The average molecular weight is 386 g/mol. The Labute approximate surface area is 172 Å². The van der Waals surface area contributed by atoms with Crippen molar-refractivity contribution in [2.45, 2.75) is 90.6 Å². The lowest BCUT2D eigenvalue weighted by Gasteiger charge is -2.66. The number of rotatable bonds is 2. The topological polar surface area (TPSA) is 32.3 Å². The van der Waals surface area contributed by atoms with Crippen molar-refractivity contribution in [1.82, 2.24) is 5.32 Å². The molecule has 5 rings (SSSR count). The summed E-state index contributed by atoms with van der Waals surface area (Å²) < 4.78 is 0. The van der Waals surface area contributed by atoms with Crippen molar-refractivity contribution in [3.63, 3.8) is 0 Å². The molecule has 9 atom stereocenters. The fourth-order valence-electron chi connectivity index (χ4n) is 9.03. The molecule has 0 spiro atoms. The van der Waals surface area contributed by atoms with Gasteiger partial charge in [-0.25, -0.2) is 0 Å². The van der Waals surface area contributed by atoms with Gasteiger partial charge in [0.15, 0.2) is 0 Å². The van der Waals surface area contributed by atoms with Crippen LogP contribution in [0.1, 0.15) is 85.0 Å². The average Bonchev–Trinajstić information content (AvgIpc) is 3.31. The van der Waals surface area contributed by atoms with E-state index in [1.54, 1.807) is 0 Å². The molecule has 1 aliphatic heterocycles. The highest BCUT2D eigenvalue weighted by Gasteiger charge is 2.65. The predicted octanol–water partition coefficient (Wildman–Crippen LogP) is 5.56. The molecule has 0 radical (unpaired) electrons. The summed E-state index contributed by atoms with van der Waals surface area (Å²) >= 11 is 0. The van der Waals surface area contributed by atoms with Gasteiger partial charge in [-0.2, -0.15) is 0 Å². The molecule has 28 heavy (non-hydrogen) atoms. The summed E-state index contributed by atoms with van der Waals surface area (Å²) in [5.41, 5.74) is 0.294. The van der Waals surface area contributed by atoms with Gasteiger partial charge >= 0.3 is 0 Å². The van der Waals surface area contributed by atoms with Crippen molar-refractivity contribution >= 4 is 0 Å². The number of aliphatic hydroxyl groups is 1. The Kier molecular flexibility index (Phi) is 4.79. The number of nitrogens with one attached hydrogen (secondary N) is 1. The molecule has 0 bridgehead atoms. The normalized spacial score (nSPS) is 56.4. The van der Waals surface area contributed by atoms with Crippen LogP contribution in [0.4, 0.5) is 0 Å². The van der Waals surface area contributed by atoms with Crippen LogP contribution in [-0.4, -0.2) is 23.8 Å². The van der Waals surface area contributed by atoms with Gasteiger partial charge in [0.2, 0.25) is 0 Å². The zero-order chi connectivity index (χ0) is 19.6. The number of hydrogen-bond donors (Lipinski definition) is 2. The van der Waals surface area contributed by atoms with Gasteiger partial charge in [0.05, 0.1) is 5.60 Å². The predicted molar refractivity (Wildman–Crippen MR) is 116 cm³/mol. The Morgan fingerprint density at radius 3 is 2.54 bits per heavy atom. The number of fused-ring (bicyclic) bond motifs is 5. The lowest BCUT2D eigenvalue weighted by atomic mass is 9.41. The van der Waals surface area contributed by atoms with E-state index in [1.165, 1.54) is 64.3 Å². The fourth-order valence-corrected chi connectivity index (χ4v) is 9.03. The minimum atomic E-state index is -0.457. The van der Waals surface area contributed by atoms with Gasteiger partial charge in [-0.1, -0.05) is 39.3 Å². The van der Waals surface area contributed by atoms with E-state index in [9.17, 15) is 5.11 Å². The highest BCUT2D eigenvalue weighted by molar-refractivity contribution is 5.16. The Hall–Kier alpha value is -0.340. The summed E-state index contributed by atoms with van der Waals surface area (Å²) in [6.45, 7) is 9.79. The molecule has 5 fully saturated rings. The van der Waals surface area contributed by atoms with Crippen LogP contribution in [0.3, 0.4) is 0 Å². The maximum Gasteiger partial charge on any atom is 0.0734 e. The van der Waals surface area contributed by atoms with Crippen molar-refractivity contribution in [3.05, 3.63) is 12.2 Å². The van der Waals surface area contributed by atoms with Gasteiger partial charge in [0.25, 0.3) is 0 Å². The van der Waals surface area contributed by atoms with E-state index in [4.69, 9.17) is 0 Å². The second-order valence-electron chi connectivity index (χ2n) is 12.1. The molecule has 158 valence electrons. The van der Waals surface area contributed by atoms with E-state index >= 15 is 0 Å². The Morgan fingerprint density at radius 2 is 1.75 bits per heavy atom. The Bertz CT molecular complexity index is 624. The maximum atomic E-state index is 12.2. The van der Waals surface area contributed by atoms with Crippen LogP contribution >= 0.6 is 0 Å². The van der Waals surface area contributed by atoms with Crippen LogP contribution < -0.4 is 5.32 Å². The molecular formula is C26H43NO. The monoisotopic (exact) mass is 385 g/mol. The SMILES string of the molecule is C[C@H]1C[C@H]2[C@@H]3CCC[C@@]3(C)CC[C@@H]2[C@@]2(C)CC[C@@H](/C=C\[C@H]3CCNC3)C[C@]12O. The van der Waals surface area contributed by atoms with Crippen LogP contribution in [-0.2, 0) is 0 Å². The molecule has 0 aromatic rings. The molecule has 5 aliphatic rings. The van der Waals surface area contributed by atoms with Crippen LogP contribution in [0.25, 0.3) is 0 Å². The summed E-state index contributed by atoms with van der Waals surface area (Å²) in [6, 6.07) is 0. The molecule has 1 heterocycles. The van der Waals surface area contributed by atoms with Crippen LogP contribution in [0.15, 0.2) is 12.2 Å². The summed E-state index contributed by atoms with van der Waals surface area (Å²) in [6.07, 6.45) is 18.2. The minimum Gasteiger partial charge on any atom is -0.389 e. The third-order valence-electron chi connectivity index (χ3n) is 10.8. The van der Waals surface area contributed by atoms with E-state index in [0.29, 0.717) is 17.3 Å². The molecule has 0 unspecified atom stereocenters. The number of allylic oxidation sites excluding steroid dienone is 1. The van der Waals surface area contributed by atoms with Gasteiger partial charge in [-0.05, 0) is 111 Å². The largest absolute Gasteiger partial charge is 0.389 e. The second kappa shape index (κ2) is 6.84. The van der Waals surface area contributed by atoms with E-state index < -0.39 is 5.60 Å². The maximum absolute atomic E-state index is 12.2. The smallest absolute Gasteiger partial charge is 0.0734 e. The summed E-state index contributed by atoms with van der Waals surface area (Å²) in [5.74, 6) is 4.31. The Morgan fingerprint density at radius 1 is 0.929 bits per heavy atom. The van der Waals surface area contributed by atoms with Crippen LogP contribution in [0.5, 0.6) is 0 Å². The van der Waals surface area contributed by atoms with Gasteiger partial charge in [-0.3, -0.25) is 0 Å². The van der Waals surface area contributed by atoms with Gasteiger partial charge in [0, 0.05) is 6.54 Å². The van der Waals surface area contributed by atoms with E-state index in [2.05, 4.69) is 38.2 Å². The summed E-state index contributed by atoms with van der Waals surface area (Å²) in [4.78, 5) is 0. The molecular weight excluding hydrogens is 342 g/mol. The molecule has 0 aromatic carbocycles. The molecule has 2 nitrogen and oxygen atoms in total. The van der Waals surface area contributed by atoms with E-state index in [-0.39, 0.29) is 5.41 Å². The minimum absolute atomic E-state index is 0.137. The summed E-state index contributed by atoms with van der Waals surface area (Å²) in [5, 5.41) is 15.7. The first kappa shape index (κ1) is 19.6. The molecule has 2 heteroatoms. The third-order valence-corrected chi connectivity index (χ3v) is 10.8. The number of hydrogen-bond acceptors (Lipinski definition) is 2. The van der Waals surface area contributed by atoms with Crippen molar-refractivity contribution in [2.24, 2.45) is 46.3 Å². The Balaban J connectivity index is 1.37. The van der Waals surface area contributed by atoms with Gasteiger partial charge in [0.1, 0.15) is 0 Å². The summed E-state index contributed by atoms with van der Waals surface area (Å²) in [7, 11) is 0. The molecule has 2 N–H and O–H groups in total. The lowest BCUT2D eigenvalue weighted by molar-refractivity contribution is -0.234. The quantitative estimate of drug-likeness (QED) is 0.610. The standard InChI is InChI=1S/C26H43NO/c1-18-15-21-22-5-4-11-24(22,2)12-9-23(21)25(3)13-8-19(16-26(18,25)28)6-7-20-10-14-27-17-20/h6-7,18-23,27-28H,4-5,8-17H2,1-3H3/b7-6-/t18-,19+,20-,21-,22-,23-,24-,25+,26-/m0/s1. The highest BCUT2D eigenvalue weighted by Crippen LogP contribution is 2.68. The highest BCUT2D eigenvalue weighted by atomic mass is 16.3. The van der Waals surface area contributed by atoms with Crippen molar-refractivity contribution in [1.29, 1.82) is 0 Å². The van der Waals surface area contributed by atoms with Gasteiger partial charge in [-0.15, -0.1) is 0 Å². The zero-order valence-electron chi connectivity index (χ0n) is 18.6. The van der Waals surface area contributed by atoms with Gasteiger partial charge < -0.3 is 10.4 Å². The fraction of sp³-hybridized carbons (Fsp3) is 0.923. The molecule has 4 saturated carbocycles. The molecule has 0 amide bonds. The lowest BCUT2D eigenvalue weighted by Crippen LogP contribution is -2.65.